The Morgan fingerprint density at radius 3 is 2.38 bits per heavy atom. The Morgan fingerprint density at radius 2 is 1.69 bits per heavy atom. The lowest BCUT2D eigenvalue weighted by Crippen LogP contribution is -2.30. The summed E-state index contributed by atoms with van der Waals surface area (Å²) in [6.07, 6.45) is 9.83. The molecule has 0 amide bonds. The van der Waals surface area contributed by atoms with Gasteiger partial charge in [0.2, 0.25) is 0 Å². The van der Waals surface area contributed by atoms with Gasteiger partial charge in [0, 0.05) is 6.54 Å². The number of aliphatic hydroxyl groups is 1. The maximum absolute atomic E-state index is 10.6. The SMILES string of the molecule is Cc1cc([C@@H](C)[C@H](CCC(O)CC/C=C\c2ccc(O)cc2)CN2CCCC2)ccc1O. The van der Waals surface area contributed by atoms with Crippen LogP contribution < -0.4 is 0 Å². The zero-order valence-corrected chi connectivity index (χ0v) is 19.6. The fourth-order valence-electron chi connectivity index (χ4n) is 4.67. The van der Waals surface area contributed by atoms with Crippen LogP contribution >= 0.6 is 0 Å². The smallest absolute Gasteiger partial charge is 0.118 e. The van der Waals surface area contributed by atoms with E-state index in [9.17, 15) is 15.3 Å². The lowest BCUT2D eigenvalue weighted by atomic mass is 9.82. The van der Waals surface area contributed by atoms with Crippen molar-refractivity contribution in [1.82, 2.24) is 4.90 Å². The van der Waals surface area contributed by atoms with Crippen LogP contribution in [-0.2, 0) is 0 Å². The molecule has 0 spiro atoms. The number of aliphatic hydroxyl groups excluding tert-OH is 1. The van der Waals surface area contributed by atoms with Crippen molar-refractivity contribution in [1.29, 1.82) is 0 Å². The van der Waals surface area contributed by atoms with Crippen molar-refractivity contribution in [2.24, 2.45) is 5.92 Å². The minimum Gasteiger partial charge on any atom is -0.508 e. The Bertz CT molecular complexity index is 855. The van der Waals surface area contributed by atoms with Crippen molar-refractivity contribution in [3.05, 3.63) is 65.2 Å². The molecule has 1 aliphatic heterocycles. The molecule has 1 aliphatic rings. The van der Waals surface area contributed by atoms with Crippen LogP contribution in [0.25, 0.3) is 6.08 Å². The van der Waals surface area contributed by atoms with Crippen molar-refractivity contribution in [3.63, 3.8) is 0 Å². The molecule has 0 saturated carbocycles. The van der Waals surface area contributed by atoms with E-state index in [1.54, 1.807) is 12.1 Å². The Labute approximate surface area is 193 Å². The highest BCUT2D eigenvalue weighted by atomic mass is 16.3. The third kappa shape index (κ3) is 7.39. The molecule has 1 heterocycles. The van der Waals surface area contributed by atoms with Gasteiger partial charge in [-0.05, 0) is 105 Å². The van der Waals surface area contributed by atoms with E-state index in [2.05, 4.69) is 30.0 Å². The molecular weight excluding hydrogens is 398 g/mol. The van der Waals surface area contributed by atoms with E-state index in [0.717, 1.165) is 43.4 Å². The summed E-state index contributed by atoms with van der Waals surface area (Å²) in [5.41, 5.74) is 3.26. The summed E-state index contributed by atoms with van der Waals surface area (Å²) >= 11 is 0. The lowest BCUT2D eigenvalue weighted by molar-refractivity contribution is 0.137. The minimum atomic E-state index is -0.297. The molecule has 3 atom stereocenters. The monoisotopic (exact) mass is 437 g/mol. The maximum atomic E-state index is 10.6. The number of aromatic hydroxyl groups is 2. The van der Waals surface area contributed by atoms with E-state index < -0.39 is 0 Å². The van der Waals surface area contributed by atoms with Crippen molar-refractivity contribution < 1.29 is 15.3 Å². The van der Waals surface area contributed by atoms with Crippen LogP contribution in [0.2, 0.25) is 0 Å². The molecule has 1 saturated heterocycles. The van der Waals surface area contributed by atoms with Gasteiger partial charge in [-0.2, -0.15) is 0 Å². The number of hydrogen-bond acceptors (Lipinski definition) is 4. The summed E-state index contributed by atoms with van der Waals surface area (Å²) in [6.45, 7) is 7.69. The molecule has 0 radical (unpaired) electrons. The minimum absolute atomic E-state index is 0.276. The van der Waals surface area contributed by atoms with Gasteiger partial charge in [-0.3, -0.25) is 0 Å². The predicted molar refractivity (Wildman–Crippen MR) is 132 cm³/mol. The standard InChI is InChI=1S/C28H39NO3/c1-21-19-24(12-16-28(21)32)22(2)25(20-29-17-5-6-18-29)11-15-26(30)8-4-3-7-23-9-13-27(31)14-10-23/h3,7,9-10,12-14,16,19,22,25-26,30-32H,4-6,8,11,15,17-18,20H2,1-2H3/b7-3-/t22-,25-,26?/m1/s1. The number of likely N-dealkylation sites (tertiary alicyclic amines) is 1. The van der Waals surface area contributed by atoms with Gasteiger partial charge in [0.05, 0.1) is 6.10 Å². The Kier molecular flexibility index (Phi) is 9.19. The number of hydrogen-bond donors (Lipinski definition) is 3. The van der Waals surface area contributed by atoms with Crippen LogP contribution in [-0.4, -0.2) is 46.0 Å². The molecule has 4 heteroatoms. The summed E-state index contributed by atoms with van der Waals surface area (Å²) in [7, 11) is 0. The van der Waals surface area contributed by atoms with E-state index in [-0.39, 0.29) is 11.9 Å². The largest absolute Gasteiger partial charge is 0.508 e. The molecule has 0 aromatic heterocycles. The van der Waals surface area contributed by atoms with Crippen LogP contribution in [0.1, 0.15) is 68.1 Å². The second-order valence-electron chi connectivity index (χ2n) is 9.40. The molecule has 4 nitrogen and oxygen atoms in total. The van der Waals surface area contributed by atoms with Gasteiger partial charge < -0.3 is 20.2 Å². The Morgan fingerprint density at radius 1 is 0.969 bits per heavy atom. The number of phenolic OH excluding ortho intramolecular Hbond substituents is 2. The maximum Gasteiger partial charge on any atom is 0.118 e. The van der Waals surface area contributed by atoms with Gasteiger partial charge in [-0.1, -0.05) is 43.3 Å². The van der Waals surface area contributed by atoms with E-state index in [1.165, 1.54) is 31.5 Å². The number of allylic oxidation sites excluding steroid dienone is 1. The van der Waals surface area contributed by atoms with Crippen LogP contribution in [0.5, 0.6) is 11.5 Å². The zero-order valence-electron chi connectivity index (χ0n) is 19.6. The first kappa shape index (κ1) is 24.3. The fourth-order valence-corrected chi connectivity index (χ4v) is 4.67. The molecule has 1 fully saturated rings. The van der Waals surface area contributed by atoms with E-state index in [1.807, 2.05) is 31.2 Å². The van der Waals surface area contributed by atoms with Crippen molar-refractivity contribution in [3.8, 4) is 11.5 Å². The summed E-state index contributed by atoms with van der Waals surface area (Å²) < 4.78 is 0. The van der Waals surface area contributed by atoms with E-state index in [4.69, 9.17) is 0 Å². The third-order valence-electron chi connectivity index (χ3n) is 6.89. The first-order valence-corrected chi connectivity index (χ1v) is 12.1. The molecule has 2 aromatic carbocycles. The summed E-state index contributed by atoms with van der Waals surface area (Å²) in [5, 5.41) is 29.9. The van der Waals surface area contributed by atoms with Crippen molar-refractivity contribution in [2.75, 3.05) is 19.6 Å². The molecule has 2 aromatic rings. The van der Waals surface area contributed by atoms with Gasteiger partial charge in [-0.15, -0.1) is 0 Å². The number of nitrogens with zero attached hydrogens (tertiary/aromatic N) is 1. The van der Waals surface area contributed by atoms with Crippen molar-refractivity contribution >= 4 is 6.08 Å². The molecule has 174 valence electrons. The molecule has 3 rings (SSSR count). The van der Waals surface area contributed by atoms with Gasteiger partial charge >= 0.3 is 0 Å². The van der Waals surface area contributed by atoms with Crippen LogP contribution in [0.4, 0.5) is 0 Å². The molecular formula is C28H39NO3. The average molecular weight is 438 g/mol. The second kappa shape index (κ2) is 12.1. The second-order valence-corrected chi connectivity index (χ2v) is 9.40. The molecule has 1 unspecified atom stereocenters. The van der Waals surface area contributed by atoms with Crippen LogP contribution in [0.15, 0.2) is 48.5 Å². The number of benzene rings is 2. The van der Waals surface area contributed by atoms with Crippen LogP contribution in [0.3, 0.4) is 0 Å². The normalized spacial score (nSPS) is 17.6. The first-order valence-electron chi connectivity index (χ1n) is 12.1. The highest BCUT2D eigenvalue weighted by molar-refractivity contribution is 5.50. The van der Waals surface area contributed by atoms with Gasteiger partial charge in [0.15, 0.2) is 0 Å². The molecule has 3 N–H and O–H groups in total. The highest BCUT2D eigenvalue weighted by Gasteiger charge is 2.24. The van der Waals surface area contributed by atoms with Gasteiger partial charge in [0.1, 0.15) is 11.5 Å². The highest BCUT2D eigenvalue weighted by Crippen LogP contribution is 2.32. The fraction of sp³-hybridized carbons (Fsp3) is 0.500. The predicted octanol–water partition coefficient (Wildman–Crippen LogP) is 5.86. The van der Waals surface area contributed by atoms with Gasteiger partial charge in [-0.25, -0.2) is 0 Å². The molecule has 0 aliphatic carbocycles. The van der Waals surface area contributed by atoms with E-state index >= 15 is 0 Å². The summed E-state index contributed by atoms with van der Waals surface area (Å²) in [4.78, 5) is 2.57. The summed E-state index contributed by atoms with van der Waals surface area (Å²) in [6, 6.07) is 13.1. The van der Waals surface area contributed by atoms with Crippen LogP contribution in [0, 0.1) is 12.8 Å². The van der Waals surface area contributed by atoms with Crippen molar-refractivity contribution in [2.45, 2.75) is 64.4 Å². The number of aryl methyl sites for hydroxylation is 1. The molecule has 32 heavy (non-hydrogen) atoms. The summed E-state index contributed by atoms with van der Waals surface area (Å²) in [5.74, 6) is 1.50. The van der Waals surface area contributed by atoms with Gasteiger partial charge in [0.25, 0.3) is 0 Å². The zero-order chi connectivity index (χ0) is 22.9. The van der Waals surface area contributed by atoms with E-state index in [0.29, 0.717) is 17.6 Å². The number of rotatable bonds is 11. The molecule has 0 bridgehead atoms. The Balaban J connectivity index is 1.52. The first-order chi connectivity index (χ1) is 15.4. The lowest BCUT2D eigenvalue weighted by Gasteiger charge is -2.30. The third-order valence-corrected chi connectivity index (χ3v) is 6.89. The quantitative estimate of drug-likeness (QED) is 0.412. The topological polar surface area (TPSA) is 63.9 Å². The number of phenols is 2. The average Bonchev–Trinajstić information content (AvgIpc) is 3.30. The Hall–Kier alpha value is -2.30.